The summed E-state index contributed by atoms with van der Waals surface area (Å²) in [4.78, 5) is 0. The highest BCUT2D eigenvalue weighted by Gasteiger charge is 2.17. The predicted octanol–water partition coefficient (Wildman–Crippen LogP) is 4.93. The van der Waals surface area contributed by atoms with Crippen LogP contribution in [0.25, 0.3) is 17.7 Å². The summed E-state index contributed by atoms with van der Waals surface area (Å²) < 4.78 is 0. The molecule has 0 heterocycles. The summed E-state index contributed by atoms with van der Waals surface area (Å²) in [7, 11) is 0. The topological polar surface area (TPSA) is 26.0 Å². The molecular weight excluding hydrogens is 254 g/mol. The van der Waals surface area contributed by atoms with Crippen LogP contribution < -0.4 is 5.73 Å². The molecule has 3 rings (SSSR count). The Hall–Kier alpha value is -2.28. The van der Waals surface area contributed by atoms with Crippen molar-refractivity contribution in [3.63, 3.8) is 0 Å². The lowest BCUT2D eigenvalue weighted by atomic mass is 9.90. The van der Waals surface area contributed by atoms with Crippen LogP contribution in [0.5, 0.6) is 0 Å². The molecule has 21 heavy (non-hydrogen) atoms. The van der Waals surface area contributed by atoms with Gasteiger partial charge in [-0.1, -0.05) is 74.5 Å². The van der Waals surface area contributed by atoms with Crippen molar-refractivity contribution in [1.29, 1.82) is 0 Å². The summed E-state index contributed by atoms with van der Waals surface area (Å²) in [6.45, 7) is 4.42. The molecule has 0 bridgehead atoms. The van der Waals surface area contributed by atoms with Crippen molar-refractivity contribution in [2.24, 2.45) is 11.7 Å². The Morgan fingerprint density at radius 3 is 1.81 bits per heavy atom. The fourth-order valence-electron chi connectivity index (χ4n) is 2.95. The van der Waals surface area contributed by atoms with E-state index >= 15 is 0 Å². The number of benzene rings is 2. The van der Waals surface area contributed by atoms with Crippen molar-refractivity contribution in [2.75, 3.05) is 0 Å². The molecule has 0 saturated carbocycles. The second-order valence-electron chi connectivity index (χ2n) is 6.01. The Balaban J connectivity index is 2.29. The van der Waals surface area contributed by atoms with Crippen LogP contribution in [-0.4, -0.2) is 0 Å². The maximum absolute atomic E-state index is 6.50. The maximum Gasteiger partial charge on any atom is 0.0169 e. The molecule has 1 aliphatic carbocycles. The van der Waals surface area contributed by atoms with E-state index in [0.29, 0.717) is 5.92 Å². The highest BCUT2D eigenvalue weighted by molar-refractivity contribution is 5.94. The van der Waals surface area contributed by atoms with Gasteiger partial charge in [-0.15, -0.1) is 0 Å². The van der Waals surface area contributed by atoms with Gasteiger partial charge in [-0.05, 0) is 34.6 Å². The number of nitrogens with two attached hydrogens (primary N) is 1. The van der Waals surface area contributed by atoms with Crippen LogP contribution in [-0.2, 0) is 0 Å². The third-order valence-electron chi connectivity index (χ3n) is 3.85. The fourth-order valence-corrected chi connectivity index (χ4v) is 2.95. The molecule has 1 nitrogen and oxygen atoms in total. The molecule has 106 valence electrons. The first-order chi connectivity index (χ1) is 10.2. The Kier molecular flexibility index (Phi) is 3.66. The van der Waals surface area contributed by atoms with E-state index in [1.54, 1.807) is 0 Å². The van der Waals surface area contributed by atoms with Gasteiger partial charge in [0.2, 0.25) is 0 Å². The van der Waals surface area contributed by atoms with Gasteiger partial charge in [0.05, 0.1) is 0 Å². The van der Waals surface area contributed by atoms with Crippen LogP contribution >= 0.6 is 0 Å². The molecule has 0 aliphatic heterocycles. The molecule has 2 N–H and O–H groups in total. The van der Waals surface area contributed by atoms with Crippen LogP contribution in [0, 0.1) is 5.92 Å². The summed E-state index contributed by atoms with van der Waals surface area (Å²) in [6.07, 6.45) is 5.28. The largest absolute Gasteiger partial charge is 0.402 e. The Morgan fingerprint density at radius 1 is 0.857 bits per heavy atom. The Labute approximate surface area is 126 Å². The van der Waals surface area contributed by atoms with Gasteiger partial charge in [-0.2, -0.15) is 0 Å². The summed E-state index contributed by atoms with van der Waals surface area (Å²) in [6, 6.07) is 17.0. The molecule has 2 aromatic carbocycles. The van der Waals surface area contributed by atoms with Crippen LogP contribution in [0.4, 0.5) is 0 Å². The molecule has 0 fully saturated rings. The summed E-state index contributed by atoms with van der Waals surface area (Å²) in [5.74, 6) is 0.549. The molecule has 0 spiro atoms. The normalized spacial score (nSPS) is 12.8. The number of allylic oxidation sites excluding steroid dienone is 1. The molecule has 2 aromatic rings. The third kappa shape index (κ3) is 2.64. The van der Waals surface area contributed by atoms with E-state index in [2.05, 4.69) is 74.5 Å². The molecule has 0 unspecified atom stereocenters. The Morgan fingerprint density at radius 2 is 1.33 bits per heavy atom. The van der Waals surface area contributed by atoms with Crippen LogP contribution in [0.2, 0.25) is 0 Å². The second-order valence-corrected chi connectivity index (χ2v) is 6.01. The molecule has 0 radical (unpaired) electrons. The highest BCUT2D eigenvalue weighted by atomic mass is 14.6. The minimum atomic E-state index is 0.549. The van der Waals surface area contributed by atoms with Crippen molar-refractivity contribution >= 4 is 17.7 Å². The van der Waals surface area contributed by atoms with Crippen molar-refractivity contribution in [3.8, 4) is 0 Å². The van der Waals surface area contributed by atoms with Crippen LogP contribution in [0.1, 0.15) is 42.5 Å². The van der Waals surface area contributed by atoms with Crippen molar-refractivity contribution < 1.29 is 0 Å². The van der Waals surface area contributed by atoms with Gasteiger partial charge in [0.25, 0.3) is 0 Å². The van der Waals surface area contributed by atoms with E-state index in [1.165, 1.54) is 27.8 Å². The highest BCUT2D eigenvalue weighted by Crippen LogP contribution is 2.35. The molecule has 0 amide bonds. The lowest BCUT2D eigenvalue weighted by molar-refractivity contribution is 0.639. The summed E-state index contributed by atoms with van der Waals surface area (Å²) >= 11 is 0. The number of fused-ring (bicyclic) bond motifs is 2. The fraction of sp³-hybridized carbons (Fsp3) is 0.200. The van der Waals surface area contributed by atoms with Crippen LogP contribution in [0.15, 0.2) is 54.2 Å². The smallest absolute Gasteiger partial charge is 0.0169 e. The molecule has 0 saturated heterocycles. The monoisotopic (exact) mass is 275 g/mol. The van der Waals surface area contributed by atoms with E-state index in [9.17, 15) is 0 Å². The van der Waals surface area contributed by atoms with Gasteiger partial charge in [0.15, 0.2) is 0 Å². The number of hydrogen-bond donors (Lipinski definition) is 1. The minimum absolute atomic E-state index is 0.549. The average molecular weight is 275 g/mol. The number of rotatable bonds is 2. The zero-order chi connectivity index (χ0) is 14.8. The predicted molar refractivity (Wildman–Crippen MR) is 91.5 cm³/mol. The van der Waals surface area contributed by atoms with E-state index < -0.39 is 0 Å². The first-order valence-corrected chi connectivity index (χ1v) is 7.52. The Bertz CT molecular complexity index is 669. The molecule has 0 aromatic heterocycles. The average Bonchev–Trinajstić information content (AvgIpc) is 2.63. The molecule has 1 heteroatoms. The molecule has 0 atom stereocenters. The van der Waals surface area contributed by atoms with Gasteiger partial charge < -0.3 is 5.73 Å². The summed E-state index contributed by atoms with van der Waals surface area (Å²) in [5.41, 5.74) is 13.6. The quantitative estimate of drug-likeness (QED) is 0.704. The molecule has 1 aliphatic rings. The van der Waals surface area contributed by atoms with E-state index in [0.717, 1.165) is 12.1 Å². The van der Waals surface area contributed by atoms with Gasteiger partial charge in [-0.3, -0.25) is 0 Å². The molecular formula is C20H21N. The lowest BCUT2D eigenvalue weighted by Gasteiger charge is -2.16. The second kappa shape index (κ2) is 5.61. The maximum atomic E-state index is 6.50. The standard InChI is InChI=1S/C20H21N/c1-14(2)13-19(21)20-17-9-5-3-7-15(17)11-12-16-8-4-6-10-18(16)20/h3-12,14H,13,21H2,1-2H3. The first-order valence-electron chi connectivity index (χ1n) is 7.52. The van der Waals surface area contributed by atoms with Crippen LogP contribution in [0.3, 0.4) is 0 Å². The minimum Gasteiger partial charge on any atom is -0.402 e. The zero-order valence-electron chi connectivity index (χ0n) is 12.6. The summed E-state index contributed by atoms with van der Waals surface area (Å²) in [5, 5.41) is 0. The van der Waals surface area contributed by atoms with Gasteiger partial charge in [0.1, 0.15) is 0 Å². The zero-order valence-corrected chi connectivity index (χ0v) is 12.6. The van der Waals surface area contributed by atoms with Gasteiger partial charge in [0, 0.05) is 11.3 Å². The van der Waals surface area contributed by atoms with Crippen molar-refractivity contribution in [1.82, 2.24) is 0 Å². The SMILES string of the molecule is CC(C)CC(N)=C1c2ccccc2C=Cc2ccccc21. The van der Waals surface area contributed by atoms with Crippen molar-refractivity contribution in [2.45, 2.75) is 20.3 Å². The van der Waals surface area contributed by atoms with Crippen molar-refractivity contribution in [3.05, 3.63) is 76.5 Å². The number of hydrogen-bond acceptors (Lipinski definition) is 1. The van der Waals surface area contributed by atoms with E-state index in [4.69, 9.17) is 5.73 Å². The van der Waals surface area contributed by atoms with Gasteiger partial charge in [-0.25, -0.2) is 0 Å². The lowest BCUT2D eigenvalue weighted by Crippen LogP contribution is -2.07. The van der Waals surface area contributed by atoms with E-state index in [1.807, 2.05) is 0 Å². The first kappa shape index (κ1) is 13.7. The van der Waals surface area contributed by atoms with E-state index in [-0.39, 0.29) is 0 Å². The van der Waals surface area contributed by atoms with Gasteiger partial charge >= 0.3 is 0 Å². The third-order valence-corrected chi connectivity index (χ3v) is 3.85.